The predicted octanol–water partition coefficient (Wildman–Crippen LogP) is 3.79. The number of hydrogen-bond donors (Lipinski definition) is 1. The molecule has 1 N–H and O–H groups in total. The Morgan fingerprint density at radius 2 is 1.86 bits per heavy atom. The van der Waals surface area contributed by atoms with Crippen LogP contribution in [-0.2, 0) is 9.53 Å². The number of ether oxygens (including phenoxy) is 1. The fourth-order valence-corrected chi connectivity index (χ4v) is 2.93. The monoisotopic (exact) mass is 399 g/mol. The minimum Gasteiger partial charge on any atom is -0.469 e. The number of benzene rings is 2. The van der Waals surface area contributed by atoms with Gasteiger partial charge in [0.05, 0.1) is 25.0 Å². The Balaban J connectivity index is 1.92. The van der Waals surface area contributed by atoms with Gasteiger partial charge in [-0.15, -0.1) is 0 Å². The number of hydrogen-bond acceptors (Lipinski definition) is 5. The Labute approximate surface area is 166 Å². The Morgan fingerprint density at radius 3 is 2.54 bits per heavy atom. The lowest BCUT2D eigenvalue weighted by atomic mass is 10.0. The molecule has 0 radical (unpaired) electrons. The van der Waals surface area contributed by atoms with Gasteiger partial charge in [0.15, 0.2) is 11.2 Å². The van der Waals surface area contributed by atoms with Crippen molar-refractivity contribution < 1.29 is 18.7 Å². The molecule has 0 aliphatic rings. The summed E-state index contributed by atoms with van der Waals surface area (Å²) in [7, 11) is 1.27. The lowest BCUT2D eigenvalue weighted by molar-refractivity contribution is -0.141. The second-order valence-electron chi connectivity index (χ2n) is 6.33. The maximum absolute atomic E-state index is 12.7. The minimum atomic E-state index is -0.670. The molecule has 0 saturated carbocycles. The van der Waals surface area contributed by atoms with E-state index in [9.17, 15) is 14.4 Å². The van der Waals surface area contributed by atoms with Gasteiger partial charge in [0.2, 0.25) is 0 Å². The summed E-state index contributed by atoms with van der Waals surface area (Å²) in [6, 6.07) is 12.3. The van der Waals surface area contributed by atoms with Gasteiger partial charge in [-0.1, -0.05) is 35.4 Å². The van der Waals surface area contributed by atoms with Gasteiger partial charge in [-0.25, -0.2) is 0 Å². The van der Waals surface area contributed by atoms with Crippen LogP contribution < -0.4 is 10.7 Å². The van der Waals surface area contributed by atoms with Gasteiger partial charge in [0, 0.05) is 11.1 Å². The summed E-state index contributed by atoms with van der Waals surface area (Å²) in [5, 5.41) is 3.66. The number of nitrogens with one attached hydrogen (secondary N) is 1. The van der Waals surface area contributed by atoms with E-state index in [2.05, 4.69) is 5.32 Å². The molecule has 28 heavy (non-hydrogen) atoms. The van der Waals surface area contributed by atoms with E-state index in [0.29, 0.717) is 21.6 Å². The van der Waals surface area contributed by atoms with E-state index in [1.165, 1.54) is 7.11 Å². The number of fused-ring (bicyclic) bond motifs is 1. The summed E-state index contributed by atoms with van der Waals surface area (Å²) < 4.78 is 10.3. The first-order chi connectivity index (χ1) is 13.4. The molecule has 0 saturated heterocycles. The number of amides is 1. The largest absolute Gasteiger partial charge is 0.469 e. The second kappa shape index (κ2) is 8.27. The highest BCUT2D eigenvalue weighted by Crippen LogP contribution is 2.21. The lowest BCUT2D eigenvalue weighted by Crippen LogP contribution is -2.31. The summed E-state index contributed by atoms with van der Waals surface area (Å²) in [6.07, 6.45) is -0.0825. The van der Waals surface area contributed by atoms with Crippen LogP contribution in [0.1, 0.15) is 34.1 Å². The Bertz CT molecular complexity index is 1090. The van der Waals surface area contributed by atoms with E-state index in [-0.39, 0.29) is 17.6 Å². The standard InChI is InChI=1S/C21H18ClNO5/c1-12-3-8-18-15(9-12)17(24)11-19(28-18)21(26)23-16(10-20(25)27-2)13-4-6-14(22)7-5-13/h3-9,11,16H,10H2,1-2H3,(H,23,26)/t16-/m1/s1. The molecule has 1 heterocycles. The van der Waals surface area contributed by atoms with Crippen molar-refractivity contribution in [1.29, 1.82) is 0 Å². The molecule has 144 valence electrons. The van der Waals surface area contributed by atoms with Crippen molar-refractivity contribution in [1.82, 2.24) is 5.32 Å². The molecule has 0 bridgehead atoms. The van der Waals surface area contributed by atoms with Crippen LogP contribution >= 0.6 is 11.6 Å². The van der Waals surface area contributed by atoms with Crippen molar-refractivity contribution in [2.45, 2.75) is 19.4 Å². The first-order valence-electron chi connectivity index (χ1n) is 8.55. The summed E-state index contributed by atoms with van der Waals surface area (Å²) in [5.41, 5.74) is 1.59. The smallest absolute Gasteiger partial charge is 0.307 e. The highest BCUT2D eigenvalue weighted by Gasteiger charge is 2.21. The Kier molecular flexibility index (Phi) is 5.80. The Hall–Kier alpha value is -3.12. The van der Waals surface area contributed by atoms with Crippen molar-refractivity contribution in [3.8, 4) is 0 Å². The molecule has 1 amide bonds. The molecule has 3 rings (SSSR count). The van der Waals surface area contributed by atoms with Crippen molar-refractivity contribution in [3.63, 3.8) is 0 Å². The van der Waals surface area contributed by atoms with Crippen LogP contribution in [0.2, 0.25) is 5.02 Å². The van der Waals surface area contributed by atoms with Gasteiger partial charge in [0.1, 0.15) is 5.58 Å². The van der Waals surface area contributed by atoms with Crippen LogP contribution in [-0.4, -0.2) is 19.0 Å². The average Bonchev–Trinajstić information content (AvgIpc) is 2.68. The third-order valence-corrected chi connectivity index (χ3v) is 4.53. The fourth-order valence-electron chi connectivity index (χ4n) is 2.81. The number of rotatable bonds is 5. The summed E-state index contributed by atoms with van der Waals surface area (Å²) >= 11 is 5.91. The molecule has 0 aliphatic carbocycles. The highest BCUT2D eigenvalue weighted by atomic mass is 35.5. The lowest BCUT2D eigenvalue weighted by Gasteiger charge is -2.18. The molecular formula is C21H18ClNO5. The van der Waals surface area contributed by atoms with Crippen LogP contribution in [0.25, 0.3) is 11.0 Å². The van der Waals surface area contributed by atoms with Gasteiger partial charge >= 0.3 is 5.97 Å². The van der Waals surface area contributed by atoms with Crippen molar-refractivity contribution in [2.24, 2.45) is 0 Å². The van der Waals surface area contributed by atoms with Crippen LogP contribution in [0.5, 0.6) is 0 Å². The molecule has 0 spiro atoms. The first kappa shape index (κ1) is 19.6. The highest BCUT2D eigenvalue weighted by molar-refractivity contribution is 6.30. The molecule has 1 aromatic heterocycles. The molecule has 0 fully saturated rings. The van der Waals surface area contributed by atoms with E-state index >= 15 is 0 Å². The fraction of sp³-hybridized carbons (Fsp3) is 0.190. The predicted molar refractivity (Wildman–Crippen MR) is 106 cm³/mol. The summed E-state index contributed by atoms with van der Waals surface area (Å²) in [5.74, 6) is -1.23. The molecule has 0 unspecified atom stereocenters. The van der Waals surface area contributed by atoms with Gasteiger partial charge in [-0.3, -0.25) is 14.4 Å². The SMILES string of the molecule is COC(=O)C[C@@H](NC(=O)c1cc(=O)c2cc(C)ccc2o1)c1ccc(Cl)cc1. The zero-order chi connectivity index (χ0) is 20.3. The molecule has 3 aromatic rings. The minimum absolute atomic E-state index is 0.0825. The molecule has 6 nitrogen and oxygen atoms in total. The van der Waals surface area contributed by atoms with E-state index in [0.717, 1.165) is 11.6 Å². The van der Waals surface area contributed by atoms with Gasteiger partial charge in [-0.2, -0.15) is 0 Å². The van der Waals surface area contributed by atoms with E-state index in [1.807, 2.05) is 6.92 Å². The number of aryl methyl sites for hydroxylation is 1. The molecular weight excluding hydrogens is 382 g/mol. The maximum Gasteiger partial charge on any atom is 0.307 e. The molecule has 7 heteroatoms. The Morgan fingerprint density at radius 1 is 1.14 bits per heavy atom. The molecule has 1 atom stereocenters. The second-order valence-corrected chi connectivity index (χ2v) is 6.77. The van der Waals surface area contributed by atoms with E-state index in [4.69, 9.17) is 20.8 Å². The first-order valence-corrected chi connectivity index (χ1v) is 8.93. The molecule has 0 aliphatic heterocycles. The van der Waals surface area contributed by atoms with Crippen molar-refractivity contribution in [3.05, 3.63) is 80.7 Å². The molecule has 2 aromatic carbocycles. The number of halogens is 1. The van der Waals surface area contributed by atoms with E-state index in [1.54, 1.807) is 42.5 Å². The van der Waals surface area contributed by atoms with Crippen molar-refractivity contribution in [2.75, 3.05) is 7.11 Å². The normalized spacial score (nSPS) is 11.8. The van der Waals surface area contributed by atoms with Gasteiger partial charge in [0.25, 0.3) is 5.91 Å². The zero-order valence-corrected chi connectivity index (χ0v) is 16.1. The third-order valence-electron chi connectivity index (χ3n) is 4.28. The van der Waals surface area contributed by atoms with Crippen LogP contribution in [0.3, 0.4) is 0 Å². The number of carbonyl (C=O) groups is 2. The van der Waals surface area contributed by atoms with Crippen molar-refractivity contribution >= 4 is 34.4 Å². The summed E-state index contributed by atoms with van der Waals surface area (Å²) in [4.78, 5) is 36.8. The van der Waals surface area contributed by atoms with Crippen LogP contribution in [0.4, 0.5) is 0 Å². The van der Waals surface area contributed by atoms with E-state index < -0.39 is 17.9 Å². The topological polar surface area (TPSA) is 85.6 Å². The quantitative estimate of drug-likeness (QED) is 0.660. The zero-order valence-electron chi connectivity index (χ0n) is 15.3. The van der Waals surface area contributed by atoms with Gasteiger partial charge in [-0.05, 0) is 36.8 Å². The third kappa shape index (κ3) is 4.40. The summed E-state index contributed by atoms with van der Waals surface area (Å²) in [6.45, 7) is 1.86. The average molecular weight is 400 g/mol. The number of methoxy groups -OCH3 is 1. The van der Waals surface area contributed by atoms with Crippen LogP contribution in [0.15, 0.2) is 57.7 Å². The number of carbonyl (C=O) groups excluding carboxylic acids is 2. The number of esters is 1. The van der Waals surface area contributed by atoms with Gasteiger partial charge < -0.3 is 14.5 Å². The maximum atomic E-state index is 12.7. The van der Waals surface area contributed by atoms with Crippen LogP contribution in [0, 0.1) is 6.92 Å².